The van der Waals surface area contributed by atoms with Crippen molar-refractivity contribution in [2.45, 2.75) is 4.90 Å². The molecule has 0 fully saturated rings. The number of fused-ring (bicyclic) bond motifs is 1. The van der Waals surface area contributed by atoms with Gasteiger partial charge in [-0.1, -0.05) is 41.4 Å². The Morgan fingerprint density at radius 1 is 0.875 bits per heavy atom. The van der Waals surface area contributed by atoms with Crippen LogP contribution in [0.2, 0.25) is 10.0 Å². The molecule has 1 aromatic heterocycles. The third-order valence-corrected chi connectivity index (χ3v) is 6.12. The second-order valence-electron chi connectivity index (χ2n) is 6.62. The highest BCUT2D eigenvalue weighted by molar-refractivity contribution is 7.89. The number of benzene rings is 3. The Kier molecular flexibility index (Phi) is 6.18. The van der Waals surface area contributed by atoms with Crippen molar-refractivity contribution >= 4 is 55.8 Å². The van der Waals surface area contributed by atoms with Crippen molar-refractivity contribution in [1.82, 2.24) is 4.83 Å². The van der Waals surface area contributed by atoms with Crippen LogP contribution in [0.15, 0.2) is 93.3 Å². The number of carbonyl (C=O) groups excluding carboxylic acids is 1. The molecular weight excluding hydrogens is 473 g/mol. The maximum absolute atomic E-state index is 12.9. The fraction of sp³-hybridized carbons (Fsp3) is 0. The van der Waals surface area contributed by atoms with E-state index in [2.05, 4.69) is 15.2 Å². The smallest absolute Gasteiger partial charge is 0.276 e. The maximum atomic E-state index is 12.9. The lowest BCUT2D eigenvalue weighted by molar-refractivity contribution is 0.102. The highest BCUT2D eigenvalue weighted by atomic mass is 35.5. The van der Waals surface area contributed by atoms with Gasteiger partial charge in [0.05, 0.1) is 4.90 Å². The third kappa shape index (κ3) is 4.94. The van der Waals surface area contributed by atoms with E-state index in [4.69, 9.17) is 27.6 Å². The molecule has 7 nitrogen and oxygen atoms in total. The van der Waals surface area contributed by atoms with Crippen LogP contribution in [-0.2, 0) is 10.0 Å². The summed E-state index contributed by atoms with van der Waals surface area (Å²) in [5.74, 6) is -0.536. The van der Waals surface area contributed by atoms with Gasteiger partial charge in [0.25, 0.3) is 15.9 Å². The van der Waals surface area contributed by atoms with Crippen molar-refractivity contribution < 1.29 is 17.6 Å². The SMILES string of the molecule is O=C(Nc1ccc(Cl)cc1)c1cc2ccccc2oc1=NNS(=O)(=O)c1ccc(Cl)cc1. The molecule has 0 saturated carbocycles. The number of halogens is 2. The van der Waals surface area contributed by atoms with Crippen LogP contribution < -0.4 is 15.7 Å². The van der Waals surface area contributed by atoms with Crippen LogP contribution in [0.5, 0.6) is 0 Å². The number of hydrogen-bond acceptors (Lipinski definition) is 5. The van der Waals surface area contributed by atoms with Crippen molar-refractivity contribution in [3.63, 3.8) is 0 Å². The topological polar surface area (TPSA) is 101 Å². The standard InChI is InChI=1S/C22H15Cl2N3O4S/c23-15-5-9-17(10-6-15)25-21(28)19-13-14-3-1-2-4-20(14)31-22(19)26-27-32(29,30)18-11-7-16(24)8-12-18/h1-13,27H,(H,25,28). The number of sulfonamides is 1. The second kappa shape index (κ2) is 9.04. The van der Waals surface area contributed by atoms with Crippen molar-refractivity contribution in [3.05, 3.63) is 100 Å². The summed E-state index contributed by atoms with van der Waals surface area (Å²) < 4.78 is 30.9. The van der Waals surface area contributed by atoms with Gasteiger partial charge in [0.1, 0.15) is 11.1 Å². The molecule has 3 aromatic carbocycles. The molecule has 1 heterocycles. The normalized spacial score (nSPS) is 12.0. The molecule has 2 N–H and O–H groups in total. The minimum Gasteiger partial charge on any atom is -0.436 e. The van der Waals surface area contributed by atoms with E-state index < -0.39 is 15.9 Å². The van der Waals surface area contributed by atoms with Gasteiger partial charge < -0.3 is 9.73 Å². The van der Waals surface area contributed by atoms with Crippen LogP contribution >= 0.6 is 23.2 Å². The van der Waals surface area contributed by atoms with E-state index in [-0.39, 0.29) is 16.0 Å². The number of nitrogens with one attached hydrogen (secondary N) is 2. The lowest BCUT2D eigenvalue weighted by Gasteiger charge is -2.08. The Morgan fingerprint density at radius 2 is 1.50 bits per heavy atom. The van der Waals surface area contributed by atoms with Crippen molar-refractivity contribution in [2.24, 2.45) is 5.10 Å². The summed E-state index contributed by atoms with van der Waals surface area (Å²) in [6.45, 7) is 0. The van der Waals surface area contributed by atoms with Gasteiger partial charge in [-0.2, -0.15) is 13.2 Å². The number of anilines is 1. The Bertz CT molecular complexity index is 1470. The van der Waals surface area contributed by atoms with E-state index in [1.54, 1.807) is 54.6 Å². The van der Waals surface area contributed by atoms with Crippen LogP contribution in [0.3, 0.4) is 0 Å². The summed E-state index contributed by atoms with van der Waals surface area (Å²) in [5, 5.41) is 8.17. The molecule has 162 valence electrons. The lowest BCUT2D eigenvalue weighted by Crippen LogP contribution is -2.27. The van der Waals surface area contributed by atoms with E-state index in [9.17, 15) is 13.2 Å². The zero-order valence-corrected chi connectivity index (χ0v) is 18.6. The molecule has 0 aliphatic heterocycles. The molecule has 4 rings (SSSR count). The second-order valence-corrected chi connectivity index (χ2v) is 9.16. The minimum absolute atomic E-state index is 0.0393. The number of rotatable bonds is 5. The molecule has 0 aliphatic rings. The van der Waals surface area contributed by atoms with Gasteiger partial charge in [-0.15, -0.1) is 5.10 Å². The molecule has 0 bridgehead atoms. The van der Waals surface area contributed by atoms with Crippen molar-refractivity contribution in [2.75, 3.05) is 5.32 Å². The average molecular weight is 488 g/mol. The van der Waals surface area contributed by atoms with Crippen molar-refractivity contribution in [3.8, 4) is 0 Å². The van der Waals surface area contributed by atoms with Gasteiger partial charge >= 0.3 is 0 Å². The Balaban J connectivity index is 1.74. The van der Waals surface area contributed by atoms with E-state index >= 15 is 0 Å². The minimum atomic E-state index is -4.02. The first kappa shape index (κ1) is 21.9. The molecule has 0 unspecified atom stereocenters. The van der Waals surface area contributed by atoms with E-state index in [1.807, 2.05) is 0 Å². The fourth-order valence-electron chi connectivity index (χ4n) is 2.81. The monoisotopic (exact) mass is 487 g/mol. The van der Waals surface area contributed by atoms with Crippen LogP contribution in [-0.4, -0.2) is 14.3 Å². The number of nitrogens with zero attached hydrogens (tertiary/aromatic N) is 1. The fourth-order valence-corrected chi connectivity index (χ4v) is 3.87. The summed E-state index contributed by atoms with van der Waals surface area (Å²) in [6.07, 6.45) is 0. The summed E-state index contributed by atoms with van der Waals surface area (Å²) in [4.78, 5) is 15.0. The molecule has 10 heteroatoms. The summed E-state index contributed by atoms with van der Waals surface area (Å²) >= 11 is 11.7. The summed E-state index contributed by atoms with van der Waals surface area (Å²) in [5.41, 5.74) is 0.769. The van der Waals surface area contributed by atoms with Crippen LogP contribution in [0.4, 0.5) is 5.69 Å². The largest absolute Gasteiger partial charge is 0.436 e. The van der Waals surface area contributed by atoms with Gasteiger partial charge in [0.15, 0.2) is 0 Å². The molecule has 0 saturated heterocycles. The van der Waals surface area contributed by atoms with E-state index in [0.29, 0.717) is 26.7 Å². The molecule has 0 aliphatic carbocycles. The zero-order chi connectivity index (χ0) is 22.7. The van der Waals surface area contributed by atoms with Gasteiger partial charge in [-0.25, -0.2) is 0 Å². The average Bonchev–Trinajstić information content (AvgIpc) is 2.79. The molecule has 0 spiro atoms. The molecule has 32 heavy (non-hydrogen) atoms. The quantitative estimate of drug-likeness (QED) is 0.395. The maximum Gasteiger partial charge on any atom is 0.276 e. The van der Waals surface area contributed by atoms with Gasteiger partial charge in [-0.3, -0.25) is 4.79 Å². The Hall–Kier alpha value is -3.33. The first-order valence-electron chi connectivity index (χ1n) is 9.23. The summed E-state index contributed by atoms with van der Waals surface area (Å²) in [7, 11) is -4.02. The van der Waals surface area contributed by atoms with E-state index in [0.717, 1.165) is 0 Å². The van der Waals surface area contributed by atoms with Gasteiger partial charge in [0, 0.05) is 21.1 Å². The zero-order valence-electron chi connectivity index (χ0n) is 16.2. The number of amides is 1. The van der Waals surface area contributed by atoms with Crippen LogP contribution in [0.25, 0.3) is 11.0 Å². The molecule has 4 aromatic rings. The Labute approximate surface area is 193 Å². The van der Waals surface area contributed by atoms with E-state index in [1.165, 1.54) is 24.3 Å². The summed E-state index contributed by atoms with van der Waals surface area (Å²) in [6, 6.07) is 20.7. The Morgan fingerprint density at radius 3 is 2.19 bits per heavy atom. The predicted molar refractivity (Wildman–Crippen MR) is 123 cm³/mol. The third-order valence-electron chi connectivity index (χ3n) is 4.39. The molecule has 0 radical (unpaired) electrons. The highest BCUT2D eigenvalue weighted by Gasteiger charge is 2.16. The number of hydrogen-bond donors (Lipinski definition) is 2. The van der Waals surface area contributed by atoms with Crippen molar-refractivity contribution in [1.29, 1.82) is 0 Å². The van der Waals surface area contributed by atoms with Crippen LogP contribution in [0.1, 0.15) is 10.4 Å². The lowest BCUT2D eigenvalue weighted by atomic mass is 10.1. The van der Waals surface area contributed by atoms with Gasteiger partial charge in [0.2, 0.25) is 5.55 Å². The first-order valence-corrected chi connectivity index (χ1v) is 11.5. The van der Waals surface area contributed by atoms with Crippen LogP contribution in [0, 0.1) is 0 Å². The van der Waals surface area contributed by atoms with Gasteiger partial charge in [-0.05, 0) is 60.7 Å². The predicted octanol–water partition coefficient (Wildman–Crippen LogP) is 4.79. The number of carbonyl (C=O) groups is 1. The number of para-hydroxylation sites is 1. The molecule has 1 amide bonds. The first-order chi connectivity index (χ1) is 15.3. The highest BCUT2D eigenvalue weighted by Crippen LogP contribution is 2.17. The molecule has 0 atom stereocenters. The molecular formula is C22H15Cl2N3O4S.